The lowest BCUT2D eigenvalue weighted by atomic mass is 9.86. The van der Waals surface area contributed by atoms with Gasteiger partial charge in [-0.05, 0) is 35.2 Å². The SMILES string of the molecule is CNc1cccc(Nc2ccccc2C(C)(C)C)c1. The second-order valence-corrected chi connectivity index (χ2v) is 5.75. The summed E-state index contributed by atoms with van der Waals surface area (Å²) in [5.41, 5.74) is 4.83. The van der Waals surface area contributed by atoms with Crippen molar-refractivity contribution < 1.29 is 0 Å². The number of rotatable bonds is 3. The van der Waals surface area contributed by atoms with Crippen molar-refractivity contribution in [2.24, 2.45) is 0 Å². The molecule has 0 aliphatic rings. The molecule has 2 aromatic rings. The molecule has 0 unspecified atom stereocenters. The molecular formula is C17H22N2. The smallest absolute Gasteiger partial charge is 0.0422 e. The van der Waals surface area contributed by atoms with Gasteiger partial charge < -0.3 is 10.6 Å². The minimum atomic E-state index is 0.129. The average Bonchev–Trinajstić information content (AvgIpc) is 2.38. The van der Waals surface area contributed by atoms with Crippen LogP contribution in [-0.4, -0.2) is 7.05 Å². The lowest BCUT2D eigenvalue weighted by molar-refractivity contribution is 0.592. The van der Waals surface area contributed by atoms with Crippen LogP contribution in [0.5, 0.6) is 0 Å². The van der Waals surface area contributed by atoms with E-state index in [1.807, 2.05) is 13.1 Å². The van der Waals surface area contributed by atoms with Gasteiger partial charge in [0, 0.05) is 24.1 Å². The summed E-state index contributed by atoms with van der Waals surface area (Å²) >= 11 is 0. The lowest BCUT2D eigenvalue weighted by Crippen LogP contribution is -2.13. The van der Waals surface area contributed by atoms with Gasteiger partial charge >= 0.3 is 0 Å². The van der Waals surface area contributed by atoms with E-state index in [-0.39, 0.29) is 5.41 Å². The van der Waals surface area contributed by atoms with Crippen LogP contribution in [0.15, 0.2) is 48.5 Å². The van der Waals surface area contributed by atoms with E-state index in [0.29, 0.717) is 0 Å². The minimum Gasteiger partial charge on any atom is -0.388 e. The van der Waals surface area contributed by atoms with Crippen molar-refractivity contribution in [3.05, 3.63) is 54.1 Å². The average molecular weight is 254 g/mol. The molecule has 0 aliphatic heterocycles. The first-order valence-electron chi connectivity index (χ1n) is 6.65. The van der Waals surface area contributed by atoms with E-state index < -0.39 is 0 Å². The van der Waals surface area contributed by atoms with Crippen LogP contribution in [0.1, 0.15) is 26.3 Å². The summed E-state index contributed by atoms with van der Waals surface area (Å²) in [6, 6.07) is 16.8. The van der Waals surface area contributed by atoms with Crippen molar-refractivity contribution in [3.8, 4) is 0 Å². The van der Waals surface area contributed by atoms with Gasteiger partial charge in [-0.15, -0.1) is 0 Å². The summed E-state index contributed by atoms with van der Waals surface area (Å²) in [6.07, 6.45) is 0. The van der Waals surface area contributed by atoms with Crippen molar-refractivity contribution in [1.29, 1.82) is 0 Å². The van der Waals surface area contributed by atoms with Gasteiger partial charge in [-0.25, -0.2) is 0 Å². The summed E-state index contributed by atoms with van der Waals surface area (Å²) in [5.74, 6) is 0. The van der Waals surface area contributed by atoms with Crippen LogP contribution in [0.3, 0.4) is 0 Å². The fourth-order valence-corrected chi connectivity index (χ4v) is 2.15. The highest BCUT2D eigenvalue weighted by molar-refractivity contribution is 5.67. The third kappa shape index (κ3) is 3.28. The van der Waals surface area contributed by atoms with E-state index >= 15 is 0 Å². The lowest BCUT2D eigenvalue weighted by Gasteiger charge is -2.23. The van der Waals surface area contributed by atoms with E-state index in [1.54, 1.807) is 0 Å². The Balaban J connectivity index is 2.33. The number of hydrogen-bond donors (Lipinski definition) is 2. The van der Waals surface area contributed by atoms with Gasteiger partial charge in [-0.3, -0.25) is 0 Å². The van der Waals surface area contributed by atoms with Crippen LogP contribution in [0, 0.1) is 0 Å². The molecule has 0 saturated carbocycles. The molecule has 0 atom stereocenters. The summed E-state index contributed by atoms with van der Waals surface area (Å²) in [5, 5.41) is 6.67. The van der Waals surface area contributed by atoms with Gasteiger partial charge in [-0.1, -0.05) is 45.0 Å². The zero-order valence-corrected chi connectivity index (χ0v) is 12.1. The summed E-state index contributed by atoms with van der Waals surface area (Å²) < 4.78 is 0. The van der Waals surface area contributed by atoms with Crippen LogP contribution in [0.4, 0.5) is 17.1 Å². The quantitative estimate of drug-likeness (QED) is 0.824. The van der Waals surface area contributed by atoms with Crippen LogP contribution >= 0.6 is 0 Å². The second-order valence-electron chi connectivity index (χ2n) is 5.75. The number of benzene rings is 2. The molecule has 2 heteroatoms. The Morgan fingerprint density at radius 3 is 2.21 bits per heavy atom. The zero-order chi connectivity index (χ0) is 13.9. The highest BCUT2D eigenvalue weighted by Crippen LogP contribution is 2.31. The second kappa shape index (κ2) is 5.35. The topological polar surface area (TPSA) is 24.1 Å². The fraction of sp³-hybridized carbons (Fsp3) is 0.294. The molecule has 0 bridgehead atoms. The summed E-state index contributed by atoms with van der Waals surface area (Å²) in [6.45, 7) is 6.70. The Morgan fingerprint density at radius 2 is 1.53 bits per heavy atom. The van der Waals surface area contributed by atoms with Crippen LogP contribution < -0.4 is 10.6 Å². The van der Waals surface area contributed by atoms with Crippen molar-refractivity contribution in [1.82, 2.24) is 0 Å². The molecular weight excluding hydrogens is 232 g/mol. The number of hydrogen-bond acceptors (Lipinski definition) is 2. The van der Waals surface area contributed by atoms with Gasteiger partial charge in [-0.2, -0.15) is 0 Å². The van der Waals surface area contributed by atoms with Gasteiger partial charge in [0.25, 0.3) is 0 Å². The molecule has 19 heavy (non-hydrogen) atoms. The van der Waals surface area contributed by atoms with Crippen LogP contribution in [0.2, 0.25) is 0 Å². The van der Waals surface area contributed by atoms with E-state index in [1.165, 1.54) is 11.3 Å². The third-order valence-corrected chi connectivity index (χ3v) is 3.17. The summed E-state index contributed by atoms with van der Waals surface area (Å²) in [4.78, 5) is 0. The molecule has 0 heterocycles. The van der Waals surface area contributed by atoms with Crippen molar-refractivity contribution in [2.45, 2.75) is 26.2 Å². The van der Waals surface area contributed by atoms with Crippen molar-refractivity contribution >= 4 is 17.1 Å². The van der Waals surface area contributed by atoms with Crippen molar-refractivity contribution in [2.75, 3.05) is 17.7 Å². The Kier molecular flexibility index (Phi) is 3.79. The molecule has 2 aromatic carbocycles. The molecule has 0 aliphatic carbocycles. The first kappa shape index (κ1) is 13.5. The van der Waals surface area contributed by atoms with E-state index in [4.69, 9.17) is 0 Å². The Morgan fingerprint density at radius 1 is 0.842 bits per heavy atom. The molecule has 0 amide bonds. The Hall–Kier alpha value is -1.96. The number of nitrogens with one attached hydrogen (secondary N) is 2. The monoisotopic (exact) mass is 254 g/mol. The molecule has 2 N–H and O–H groups in total. The first-order valence-corrected chi connectivity index (χ1v) is 6.65. The predicted molar refractivity (Wildman–Crippen MR) is 84.4 cm³/mol. The molecule has 100 valence electrons. The fourth-order valence-electron chi connectivity index (χ4n) is 2.15. The van der Waals surface area contributed by atoms with Crippen molar-refractivity contribution in [3.63, 3.8) is 0 Å². The normalized spacial score (nSPS) is 11.2. The largest absolute Gasteiger partial charge is 0.388 e. The number of anilines is 3. The molecule has 0 radical (unpaired) electrons. The van der Waals surface area contributed by atoms with Gasteiger partial charge in [0.15, 0.2) is 0 Å². The van der Waals surface area contributed by atoms with Crippen LogP contribution in [0.25, 0.3) is 0 Å². The van der Waals surface area contributed by atoms with E-state index in [0.717, 1.165) is 11.4 Å². The Labute approximate surface area is 115 Å². The van der Waals surface area contributed by atoms with E-state index in [9.17, 15) is 0 Å². The minimum absolute atomic E-state index is 0.129. The highest BCUT2D eigenvalue weighted by Gasteiger charge is 2.17. The molecule has 2 nitrogen and oxygen atoms in total. The maximum atomic E-state index is 3.51. The van der Waals surface area contributed by atoms with Gasteiger partial charge in [0.1, 0.15) is 0 Å². The van der Waals surface area contributed by atoms with Gasteiger partial charge in [0.2, 0.25) is 0 Å². The molecule has 0 saturated heterocycles. The maximum Gasteiger partial charge on any atom is 0.0422 e. The predicted octanol–water partition coefficient (Wildman–Crippen LogP) is 4.77. The standard InChI is InChI=1S/C17H22N2/c1-17(2,3)15-10-5-6-11-16(15)19-14-9-7-8-13(12-14)18-4/h5-12,18-19H,1-4H3. The third-order valence-electron chi connectivity index (χ3n) is 3.17. The molecule has 0 fully saturated rings. The molecule has 2 rings (SSSR count). The van der Waals surface area contributed by atoms with E-state index in [2.05, 4.69) is 73.9 Å². The molecule has 0 aromatic heterocycles. The summed E-state index contributed by atoms with van der Waals surface area (Å²) in [7, 11) is 1.93. The van der Waals surface area contributed by atoms with Gasteiger partial charge in [0.05, 0.1) is 0 Å². The molecule has 0 spiro atoms. The maximum absolute atomic E-state index is 3.51. The number of para-hydroxylation sites is 1. The first-order chi connectivity index (χ1) is 9.00. The van der Waals surface area contributed by atoms with Crippen LogP contribution in [-0.2, 0) is 5.41 Å². The Bertz CT molecular complexity index is 553. The highest BCUT2D eigenvalue weighted by atomic mass is 14.9. The zero-order valence-electron chi connectivity index (χ0n) is 12.1.